The Bertz CT molecular complexity index is 487. The molecule has 1 aromatic carbocycles. The first-order chi connectivity index (χ1) is 7.66. The molecule has 0 saturated carbocycles. The molecule has 0 fully saturated rings. The van der Waals surface area contributed by atoms with E-state index in [1.165, 1.54) is 18.4 Å². The van der Waals surface area contributed by atoms with E-state index in [1.54, 1.807) is 12.1 Å². The Morgan fingerprint density at radius 3 is 2.81 bits per heavy atom. The van der Waals surface area contributed by atoms with Crippen LogP contribution in [0, 0.1) is 0 Å². The fourth-order valence-corrected chi connectivity index (χ4v) is 1.42. The van der Waals surface area contributed by atoms with Crippen LogP contribution in [-0.2, 0) is 0 Å². The molecule has 0 bridgehead atoms. The second kappa shape index (κ2) is 4.49. The van der Waals surface area contributed by atoms with Crippen LogP contribution in [0.25, 0.3) is 11.3 Å². The van der Waals surface area contributed by atoms with E-state index in [0.717, 1.165) is 0 Å². The van der Waals surface area contributed by atoms with Crippen LogP contribution in [0.1, 0.15) is 0 Å². The van der Waals surface area contributed by atoms with Crippen molar-refractivity contribution in [3.05, 3.63) is 35.6 Å². The molecule has 3 nitrogen and oxygen atoms in total. The Balaban J connectivity index is 2.33. The van der Waals surface area contributed by atoms with Crippen LogP contribution in [0.4, 0.5) is 8.78 Å². The zero-order chi connectivity index (χ0) is 11.5. The summed E-state index contributed by atoms with van der Waals surface area (Å²) in [5, 5.41) is 3.97. The van der Waals surface area contributed by atoms with Crippen LogP contribution < -0.4 is 4.74 Å². The molecule has 0 radical (unpaired) electrons. The van der Waals surface area contributed by atoms with E-state index in [9.17, 15) is 8.78 Å². The molecule has 2 aromatic rings. The fraction of sp³-hybridized carbons (Fsp3) is 0.100. The summed E-state index contributed by atoms with van der Waals surface area (Å²) in [6, 6.07) is 6.07. The van der Waals surface area contributed by atoms with Gasteiger partial charge in [-0.05, 0) is 12.1 Å². The third-order valence-corrected chi connectivity index (χ3v) is 2.13. The lowest BCUT2D eigenvalue weighted by Crippen LogP contribution is -2.01. The highest BCUT2D eigenvalue weighted by molar-refractivity contribution is 6.32. The van der Waals surface area contributed by atoms with Gasteiger partial charge in [0.15, 0.2) is 0 Å². The van der Waals surface area contributed by atoms with Crippen molar-refractivity contribution in [3.63, 3.8) is 0 Å². The van der Waals surface area contributed by atoms with Crippen molar-refractivity contribution in [2.45, 2.75) is 6.61 Å². The standard InChI is InChI=1S/C10H6ClF2NO2/c11-8-5-15-14-9(8)6-2-1-3-7(4-6)16-10(12)13/h1-5,10H. The first-order valence-electron chi connectivity index (χ1n) is 4.32. The monoisotopic (exact) mass is 245 g/mol. The van der Waals surface area contributed by atoms with E-state index in [0.29, 0.717) is 16.3 Å². The summed E-state index contributed by atoms with van der Waals surface area (Å²) in [6.45, 7) is -2.86. The fourth-order valence-electron chi connectivity index (χ4n) is 1.23. The molecular formula is C10H6ClF2NO2. The Labute approximate surface area is 94.6 Å². The van der Waals surface area contributed by atoms with Gasteiger partial charge in [-0.1, -0.05) is 28.9 Å². The maximum Gasteiger partial charge on any atom is 0.387 e. The van der Waals surface area contributed by atoms with Gasteiger partial charge in [-0.2, -0.15) is 8.78 Å². The average molecular weight is 246 g/mol. The van der Waals surface area contributed by atoms with E-state index < -0.39 is 6.61 Å². The van der Waals surface area contributed by atoms with Crippen LogP contribution in [-0.4, -0.2) is 11.8 Å². The summed E-state index contributed by atoms with van der Waals surface area (Å²) in [5.74, 6) is 0.0477. The summed E-state index contributed by atoms with van der Waals surface area (Å²) in [7, 11) is 0. The van der Waals surface area contributed by atoms with Gasteiger partial charge < -0.3 is 9.26 Å². The van der Waals surface area contributed by atoms with Crippen molar-refractivity contribution in [2.24, 2.45) is 0 Å². The van der Waals surface area contributed by atoms with E-state index in [4.69, 9.17) is 11.6 Å². The SMILES string of the molecule is FC(F)Oc1cccc(-c2nocc2Cl)c1. The quantitative estimate of drug-likeness (QED) is 0.829. The number of ether oxygens (including phenoxy) is 1. The van der Waals surface area contributed by atoms with E-state index in [1.807, 2.05) is 0 Å². The largest absolute Gasteiger partial charge is 0.435 e. The maximum atomic E-state index is 12.0. The van der Waals surface area contributed by atoms with Crippen LogP contribution >= 0.6 is 11.6 Å². The van der Waals surface area contributed by atoms with Crippen molar-refractivity contribution in [1.82, 2.24) is 5.16 Å². The molecular weight excluding hydrogens is 240 g/mol. The number of rotatable bonds is 3. The van der Waals surface area contributed by atoms with Crippen molar-refractivity contribution in [3.8, 4) is 17.0 Å². The molecule has 0 amide bonds. The van der Waals surface area contributed by atoms with Crippen molar-refractivity contribution >= 4 is 11.6 Å². The molecule has 0 saturated heterocycles. The third-order valence-electron chi connectivity index (χ3n) is 1.86. The van der Waals surface area contributed by atoms with E-state index in [2.05, 4.69) is 14.4 Å². The average Bonchev–Trinajstić information content (AvgIpc) is 2.64. The third kappa shape index (κ3) is 2.30. The summed E-state index contributed by atoms with van der Waals surface area (Å²) in [5.41, 5.74) is 0.943. The molecule has 2 rings (SSSR count). The Morgan fingerprint density at radius 1 is 1.38 bits per heavy atom. The highest BCUT2D eigenvalue weighted by Crippen LogP contribution is 2.29. The zero-order valence-corrected chi connectivity index (χ0v) is 8.62. The number of hydrogen-bond donors (Lipinski definition) is 0. The minimum absolute atomic E-state index is 0.0477. The van der Waals surface area contributed by atoms with E-state index in [-0.39, 0.29) is 5.75 Å². The molecule has 0 aliphatic rings. The van der Waals surface area contributed by atoms with Crippen LogP contribution in [0.3, 0.4) is 0 Å². The van der Waals surface area contributed by atoms with Gasteiger partial charge in [0.25, 0.3) is 0 Å². The highest BCUT2D eigenvalue weighted by atomic mass is 35.5. The highest BCUT2D eigenvalue weighted by Gasteiger charge is 2.10. The van der Waals surface area contributed by atoms with Gasteiger partial charge in [0.05, 0.1) is 0 Å². The second-order valence-electron chi connectivity index (χ2n) is 2.92. The lowest BCUT2D eigenvalue weighted by Gasteiger charge is -2.05. The Hall–Kier alpha value is -1.62. The van der Waals surface area contributed by atoms with Crippen LogP contribution in [0.5, 0.6) is 5.75 Å². The van der Waals surface area contributed by atoms with Gasteiger partial charge in [0.2, 0.25) is 0 Å². The first kappa shape index (κ1) is 10.9. The van der Waals surface area contributed by atoms with Crippen molar-refractivity contribution in [1.29, 1.82) is 0 Å². The molecule has 1 aromatic heterocycles. The van der Waals surface area contributed by atoms with Gasteiger partial charge in [-0.3, -0.25) is 0 Å². The summed E-state index contributed by atoms with van der Waals surface area (Å²) in [6.07, 6.45) is 1.26. The molecule has 0 N–H and O–H groups in total. The predicted molar refractivity (Wildman–Crippen MR) is 53.6 cm³/mol. The predicted octanol–water partition coefficient (Wildman–Crippen LogP) is 3.60. The first-order valence-corrected chi connectivity index (χ1v) is 4.70. The summed E-state index contributed by atoms with van der Waals surface area (Å²) in [4.78, 5) is 0. The van der Waals surface area contributed by atoms with Gasteiger partial charge in [-0.15, -0.1) is 0 Å². The van der Waals surface area contributed by atoms with Crippen molar-refractivity contribution in [2.75, 3.05) is 0 Å². The number of nitrogens with zero attached hydrogens (tertiary/aromatic N) is 1. The molecule has 84 valence electrons. The molecule has 0 aliphatic heterocycles. The van der Waals surface area contributed by atoms with Gasteiger partial charge in [-0.25, -0.2) is 0 Å². The molecule has 6 heteroatoms. The maximum absolute atomic E-state index is 12.0. The van der Waals surface area contributed by atoms with Gasteiger partial charge >= 0.3 is 6.61 Å². The number of alkyl halides is 2. The lowest BCUT2D eigenvalue weighted by atomic mass is 10.1. The topological polar surface area (TPSA) is 35.3 Å². The molecule has 0 atom stereocenters. The van der Waals surface area contributed by atoms with Crippen molar-refractivity contribution < 1.29 is 18.0 Å². The lowest BCUT2D eigenvalue weighted by molar-refractivity contribution is -0.0498. The number of aromatic nitrogens is 1. The summed E-state index contributed by atoms with van der Waals surface area (Å²) < 4.78 is 32.9. The normalized spacial score (nSPS) is 10.8. The van der Waals surface area contributed by atoms with Crippen LogP contribution in [0.15, 0.2) is 35.1 Å². The van der Waals surface area contributed by atoms with Gasteiger partial charge in [0.1, 0.15) is 22.7 Å². The number of hydrogen-bond acceptors (Lipinski definition) is 3. The molecule has 1 heterocycles. The Morgan fingerprint density at radius 2 is 2.19 bits per heavy atom. The number of benzene rings is 1. The zero-order valence-electron chi connectivity index (χ0n) is 7.86. The molecule has 16 heavy (non-hydrogen) atoms. The molecule has 0 spiro atoms. The Kier molecular flexibility index (Phi) is 3.05. The smallest absolute Gasteiger partial charge is 0.387 e. The minimum Gasteiger partial charge on any atom is -0.435 e. The molecule has 0 unspecified atom stereocenters. The van der Waals surface area contributed by atoms with Crippen LogP contribution in [0.2, 0.25) is 5.02 Å². The van der Waals surface area contributed by atoms with E-state index >= 15 is 0 Å². The number of halogens is 3. The second-order valence-corrected chi connectivity index (χ2v) is 3.32. The minimum atomic E-state index is -2.86. The summed E-state index contributed by atoms with van der Waals surface area (Å²) >= 11 is 5.79. The molecule has 0 aliphatic carbocycles. The van der Waals surface area contributed by atoms with Gasteiger partial charge in [0, 0.05) is 5.56 Å².